The van der Waals surface area contributed by atoms with E-state index >= 15 is 0 Å². The van der Waals surface area contributed by atoms with E-state index in [-0.39, 0.29) is 22.5 Å². The molecule has 3 fully saturated rings. The van der Waals surface area contributed by atoms with Crippen molar-refractivity contribution in [3.63, 3.8) is 0 Å². The summed E-state index contributed by atoms with van der Waals surface area (Å²) in [5.41, 5.74) is 3.53. The molecule has 2 nitrogen and oxygen atoms in total. The molecule has 0 aromatic carbocycles. The molecule has 0 amide bonds. The summed E-state index contributed by atoms with van der Waals surface area (Å²) in [5.74, 6) is 2.32. The Labute approximate surface area is 153 Å². The molecule has 0 aromatic heterocycles. The molecule has 0 aliphatic heterocycles. The smallest absolute Gasteiger partial charge is 0.155 e. The highest BCUT2D eigenvalue weighted by atomic mass is 16.5. The Morgan fingerprint density at radius 3 is 2.68 bits per heavy atom. The maximum absolute atomic E-state index is 11.9. The van der Waals surface area contributed by atoms with Gasteiger partial charge in [0.05, 0.1) is 11.7 Å². The van der Waals surface area contributed by atoms with Crippen LogP contribution in [-0.2, 0) is 9.53 Å². The molecule has 2 bridgehead atoms. The van der Waals surface area contributed by atoms with Crippen LogP contribution in [0.3, 0.4) is 0 Å². The van der Waals surface area contributed by atoms with Gasteiger partial charge in [-0.2, -0.15) is 0 Å². The van der Waals surface area contributed by atoms with Crippen LogP contribution >= 0.6 is 0 Å². The Morgan fingerprint density at radius 1 is 1.28 bits per heavy atom. The number of carbonyl (C=O) groups is 1. The molecule has 0 aromatic rings. The average Bonchev–Trinajstić information content (AvgIpc) is 2.51. The number of rotatable bonds is 2. The van der Waals surface area contributed by atoms with Crippen molar-refractivity contribution >= 4 is 5.78 Å². The molecule has 3 saturated carbocycles. The van der Waals surface area contributed by atoms with Crippen molar-refractivity contribution in [2.24, 2.45) is 28.6 Å². The molecule has 25 heavy (non-hydrogen) atoms. The van der Waals surface area contributed by atoms with Crippen LogP contribution in [0.15, 0.2) is 23.3 Å². The van der Waals surface area contributed by atoms with Gasteiger partial charge in [-0.3, -0.25) is 4.79 Å². The molecule has 138 valence electrons. The lowest BCUT2D eigenvalue weighted by molar-refractivity contribution is -0.133. The summed E-state index contributed by atoms with van der Waals surface area (Å²) in [6.07, 6.45) is 10.3. The molecule has 5 aliphatic carbocycles. The van der Waals surface area contributed by atoms with E-state index in [1.165, 1.54) is 18.4 Å². The Hall–Kier alpha value is -0.890. The largest absolute Gasteiger partial charge is 0.372 e. The van der Waals surface area contributed by atoms with Crippen molar-refractivity contribution in [2.75, 3.05) is 0 Å². The summed E-state index contributed by atoms with van der Waals surface area (Å²) in [7, 11) is 0. The molecule has 2 heteroatoms. The van der Waals surface area contributed by atoms with Gasteiger partial charge in [-0.05, 0) is 77.2 Å². The first-order valence-corrected chi connectivity index (χ1v) is 10.2. The van der Waals surface area contributed by atoms with Gasteiger partial charge in [0.2, 0.25) is 0 Å². The maximum atomic E-state index is 11.9. The minimum Gasteiger partial charge on any atom is -0.372 e. The first-order chi connectivity index (χ1) is 11.6. The molecule has 0 radical (unpaired) electrons. The summed E-state index contributed by atoms with van der Waals surface area (Å²) in [6, 6.07) is 0. The van der Waals surface area contributed by atoms with Gasteiger partial charge in [0.15, 0.2) is 5.78 Å². The van der Waals surface area contributed by atoms with Gasteiger partial charge < -0.3 is 4.74 Å². The second-order valence-corrected chi connectivity index (χ2v) is 10.4. The van der Waals surface area contributed by atoms with Gasteiger partial charge in [0.1, 0.15) is 0 Å². The highest BCUT2D eigenvalue weighted by Gasteiger charge is 2.61. The van der Waals surface area contributed by atoms with Gasteiger partial charge in [-0.1, -0.05) is 31.1 Å². The van der Waals surface area contributed by atoms with Crippen LogP contribution in [0.25, 0.3) is 0 Å². The van der Waals surface area contributed by atoms with Gasteiger partial charge in [-0.25, -0.2) is 0 Å². The van der Waals surface area contributed by atoms with Crippen LogP contribution in [0, 0.1) is 28.6 Å². The number of hydrogen-bond donors (Lipinski definition) is 0. The third kappa shape index (κ3) is 2.43. The van der Waals surface area contributed by atoms with Crippen LogP contribution in [0.1, 0.15) is 73.6 Å². The monoisotopic (exact) mass is 342 g/mol. The van der Waals surface area contributed by atoms with E-state index in [1.54, 1.807) is 5.57 Å². The van der Waals surface area contributed by atoms with E-state index in [4.69, 9.17) is 4.74 Å². The molecular weight excluding hydrogens is 308 g/mol. The Balaban J connectivity index is 1.66. The van der Waals surface area contributed by atoms with Crippen molar-refractivity contribution < 1.29 is 9.53 Å². The van der Waals surface area contributed by atoms with Crippen molar-refractivity contribution in [2.45, 2.75) is 85.4 Å². The molecule has 1 spiro atoms. The summed E-state index contributed by atoms with van der Waals surface area (Å²) < 4.78 is 6.40. The van der Waals surface area contributed by atoms with Crippen LogP contribution in [0.2, 0.25) is 0 Å². The van der Waals surface area contributed by atoms with E-state index in [1.807, 2.05) is 6.08 Å². The summed E-state index contributed by atoms with van der Waals surface area (Å²) >= 11 is 0. The fourth-order valence-corrected chi connectivity index (χ4v) is 6.42. The maximum Gasteiger partial charge on any atom is 0.155 e. The number of carbonyl (C=O) groups excluding carboxylic acids is 1. The lowest BCUT2D eigenvalue weighted by Gasteiger charge is -2.65. The van der Waals surface area contributed by atoms with Gasteiger partial charge in [0.25, 0.3) is 0 Å². The fraction of sp³-hybridized carbons (Fsp3) is 0.783. The van der Waals surface area contributed by atoms with E-state index in [2.05, 4.69) is 47.6 Å². The predicted octanol–water partition coefficient (Wildman–Crippen LogP) is 5.48. The molecule has 0 saturated heterocycles. The van der Waals surface area contributed by atoms with Crippen LogP contribution in [-0.4, -0.2) is 17.5 Å². The first kappa shape index (κ1) is 17.5. The van der Waals surface area contributed by atoms with E-state index in [0.717, 1.165) is 19.3 Å². The van der Waals surface area contributed by atoms with Crippen molar-refractivity contribution in [1.29, 1.82) is 0 Å². The van der Waals surface area contributed by atoms with Crippen molar-refractivity contribution in [3.8, 4) is 0 Å². The van der Waals surface area contributed by atoms with Crippen LogP contribution < -0.4 is 0 Å². The minimum atomic E-state index is -0.0980. The first-order valence-electron chi connectivity index (χ1n) is 10.2. The normalized spacial score (nSPS) is 44.1. The number of hydrogen-bond acceptors (Lipinski definition) is 2. The van der Waals surface area contributed by atoms with Crippen LogP contribution in [0.4, 0.5) is 0 Å². The van der Waals surface area contributed by atoms with Gasteiger partial charge in [0, 0.05) is 17.3 Å². The van der Waals surface area contributed by atoms with E-state index in [9.17, 15) is 4.79 Å². The van der Waals surface area contributed by atoms with Gasteiger partial charge >= 0.3 is 0 Å². The highest BCUT2D eigenvalue weighted by Crippen LogP contribution is 2.70. The molecule has 0 heterocycles. The Bertz CT molecular complexity index is 664. The topological polar surface area (TPSA) is 26.3 Å². The van der Waals surface area contributed by atoms with E-state index < -0.39 is 0 Å². The zero-order chi connectivity index (χ0) is 18.2. The number of allylic oxidation sites excluding steroid dienone is 4. The van der Waals surface area contributed by atoms with Crippen molar-refractivity contribution in [3.05, 3.63) is 23.3 Å². The minimum absolute atomic E-state index is 0.0980. The summed E-state index contributed by atoms with van der Waals surface area (Å²) in [6.45, 7) is 13.6. The number of ether oxygens (including phenoxy) is 1. The molecule has 6 unspecified atom stereocenters. The molecule has 6 atom stereocenters. The lowest BCUT2D eigenvalue weighted by atomic mass is 9.39. The van der Waals surface area contributed by atoms with Crippen molar-refractivity contribution in [1.82, 2.24) is 0 Å². The average molecular weight is 343 g/mol. The Morgan fingerprint density at radius 2 is 2.00 bits per heavy atom. The second kappa shape index (κ2) is 5.31. The molecular formula is C23H34O2. The third-order valence-corrected chi connectivity index (χ3v) is 8.06. The zero-order valence-electron chi connectivity index (χ0n) is 16.8. The predicted molar refractivity (Wildman–Crippen MR) is 101 cm³/mol. The fourth-order valence-electron chi connectivity index (χ4n) is 6.42. The SMILES string of the molecule is CC(OC(C)(C)C)C1(C)CC=C2C(CC3CC24CCC(=O)C=C34)C1C. The molecule has 5 rings (SSSR count). The standard InChI is InChI=1S/C23H34O2/c1-14-18-11-16-13-23(10-7-17(24)12-20(16)23)19(18)8-9-22(14,6)15(2)25-21(3,4)5/h8,12,14-16,18H,7,9-11,13H2,1-6H3. The number of ketones is 1. The highest BCUT2D eigenvalue weighted by molar-refractivity contribution is 5.92. The Kier molecular flexibility index (Phi) is 3.72. The molecule has 5 aliphatic rings. The third-order valence-electron chi connectivity index (χ3n) is 8.06. The second-order valence-electron chi connectivity index (χ2n) is 10.4. The summed E-state index contributed by atoms with van der Waals surface area (Å²) in [4.78, 5) is 11.9. The van der Waals surface area contributed by atoms with E-state index in [0.29, 0.717) is 23.5 Å². The molecule has 0 N–H and O–H groups in total. The van der Waals surface area contributed by atoms with Crippen LogP contribution in [0.5, 0.6) is 0 Å². The lowest BCUT2D eigenvalue weighted by Crippen LogP contribution is -2.56. The summed E-state index contributed by atoms with van der Waals surface area (Å²) in [5, 5.41) is 0. The quantitative estimate of drug-likeness (QED) is 0.621. The van der Waals surface area contributed by atoms with Gasteiger partial charge in [-0.15, -0.1) is 0 Å². The zero-order valence-corrected chi connectivity index (χ0v) is 16.8.